The number of carbonyl (C=O) groups is 1. The van der Waals surface area contributed by atoms with Crippen molar-refractivity contribution in [2.45, 2.75) is 70.4 Å². The van der Waals surface area contributed by atoms with E-state index in [0.717, 1.165) is 44.2 Å². The van der Waals surface area contributed by atoms with Gasteiger partial charge in [-0.3, -0.25) is 4.79 Å². The molecule has 1 unspecified atom stereocenters. The predicted octanol–water partition coefficient (Wildman–Crippen LogP) is 3.84. The van der Waals surface area contributed by atoms with Crippen LogP contribution in [0.4, 0.5) is 14.5 Å². The quantitative estimate of drug-likeness (QED) is 0.481. The molecule has 0 amide bonds. The van der Waals surface area contributed by atoms with Crippen LogP contribution in [0.5, 0.6) is 5.88 Å². The van der Waals surface area contributed by atoms with Gasteiger partial charge in [0.1, 0.15) is 5.69 Å². The number of aliphatic carboxylic acids is 1. The first-order valence-electron chi connectivity index (χ1n) is 10.6. The van der Waals surface area contributed by atoms with Crippen LogP contribution in [0.25, 0.3) is 0 Å². The first-order chi connectivity index (χ1) is 13.9. The molecule has 1 saturated heterocycles. The van der Waals surface area contributed by atoms with Crippen molar-refractivity contribution in [3.05, 3.63) is 17.8 Å². The fourth-order valence-electron chi connectivity index (χ4n) is 3.46. The van der Waals surface area contributed by atoms with Crippen LogP contribution in [0.2, 0.25) is 0 Å². The Labute approximate surface area is 170 Å². The number of rotatable bonds is 13. The Bertz CT molecular complexity index is 690. The maximum absolute atomic E-state index is 13.3. The monoisotopic (exact) mass is 411 g/mol. The number of hydrogen-bond acceptors (Lipinski definition) is 5. The fourth-order valence-corrected chi connectivity index (χ4v) is 3.46. The summed E-state index contributed by atoms with van der Waals surface area (Å²) in [5.41, 5.74) is 1.32. The number of hydrogen-bond donors (Lipinski definition) is 2. The topological polar surface area (TPSA) is 74.7 Å². The highest BCUT2D eigenvalue weighted by Gasteiger charge is 2.45. The molecular formula is C21H31F2N3O3. The summed E-state index contributed by atoms with van der Waals surface area (Å²) in [5.74, 6) is -2.55. The number of nitrogens with one attached hydrogen (secondary N) is 1. The van der Waals surface area contributed by atoms with Crippen LogP contribution in [0, 0.1) is 5.92 Å². The Morgan fingerprint density at radius 1 is 1.38 bits per heavy atom. The third-order valence-corrected chi connectivity index (χ3v) is 5.38. The SMILES string of the molecule is CCCCCC(CC(=O)O)NCc1ccc(N2CC(F)(F)C2)c(OCC2CC2)n1. The molecule has 1 aliphatic heterocycles. The number of alkyl halides is 2. The van der Waals surface area contributed by atoms with Crippen molar-refractivity contribution in [2.75, 3.05) is 24.6 Å². The number of nitrogens with zero attached hydrogens (tertiary/aromatic N) is 2. The Kier molecular flexibility index (Phi) is 7.27. The minimum absolute atomic E-state index is 0.0652. The van der Waals surface area contributed by atoms with Gasteiger partial charge >= 0.3 is 5.97 Å². The molecule has 1 aromatic heterocycles. The van der Waals surface area contributed by atoms with E-state index in [1.165, 1.54) is 0 Å². The Morgan fingerprint density at radius 2 is 2.14 bits per heavy atom. The summed E-state index contributed by atoms with van der Waals surface area (Å²) in [6, 6.07) is 3.46. The van der Waals surface area contributed by atoms with E-state index in [0.29, 0.717) is 30.6 Å². The second-order valence-electron chi connectivity index (χ2n) is 8.26. The molecule has 0 bridgehead atoms. The average Bonchev–Trinajstić information content (AvgIpc) is 3.46. The Balaban J connectivity index is 1.62. The van der Waals surface area contributed by atoms with E-state index in [1.807, 2.05) is 0 Å². The highest BCUT2D eigenvalue weighted by Crippen LogP contribution is 2.37. The summed E-state index contributed by atoms with van der Waals surface area (Å²) < 4.78 is 32.4. The van der Waals surface area contributed by atoms with E-state index in [1.54, 1.807) is 17.0 Å². The van der Waals surface area contributed by atoms with Gasteiger partial charge in [-0.15, -0.1) is 0 Å². The van der Waals surface area contributed by atoms with Crippen LogP contribution in [0.15, 0.2) is 12.1 Å². The maximum Gasteiger partial charge on any atom is 0.304 e. The molecule has 2 N–H and O–H groups in total. The average molecular weight is 411 g/mol. The number of halogens is 2. The number of aromatic nitrogens is 1. The number of pyridine rings is 1. The Morgan fingerprint density at radius 3 is 2.76 bits per heavy atom. The lowest BCUT2D eigenvalue weighted by Crippen LogP contribution is -2.56. The van der Waals surface area contributed by atoms with E-state index >= 15 is 0 Å². The van der Waals surface area contributed by atoms with Gasteiger partial charge in [-0.2, -0.15) is 0 Å². The summed E-state index contributed by atoms with van der Waals surface area (Å²) in [4.78, 5) is 17.3. The van der Waals surface area contributed by atoms with Crippen molar-refractivity contribution in [1.29, 1.82) is 0 Å². The first-order valence-corrected chi connectivity index (χ1v) is 10.6. The van der Waals surface area contributed by atoms with Gasteiger partial charge < -0.3 is 20.1 Å². The molecule has 2 fully saturated rings. The highest BCUT2D eigenvalue weighted by molar-refractivity contribution is 5.67. The second-order valence-corrected chi connectivity index (χ2v) is 8.26. The van der Waals surface area contributed by atoms with E-state index in [4.69, 9.17) is 9.84 Å². The molecule has 2 aliphatic rings. The van der Waals surface area contributed by atoms with Crippen LogP contribution < -0.4 is 15.0 Å². The van der Waals surface area contributed by atoms with Crippen molar-refractivity contribution in [3.63, 3.8) is 0 Å². The third-order valence-electron chi connectivity index (χ3n) is 5.38. The van der Waals surface area contributed by atoms with Gasteiger partial charge in [-0.05, 0) is 37.3 Å². The number of carboxylic acid groups (broad SMARTS) is 1. The van der Waals surface area contributed by atoms with Crippen molar-refractivity contribution >= 4 is 11.7 Å². The fraction of sp³-hybridized carbons (Fsp3) is 0.714. The number of ether oxygens (including phenoxy) is 1. The predicted molar refractivity (Wildman–Crippen MR) is 107 cm³/mol. The molecular weight excluding hydrogens is 380 g/mol. The van der Waals surface area contributed by atoms with Crippen molar-refractivity contribution < 1.29 is 23.4 Å². The summed E-state index contributed by atoms with van der Waals surface area (Å²) in [7, 11) is 0. The van der Waals surface area contributed by atoms with Gasteiger partial charge in [0.15, 0.2) is 0 Å². The molecule has 2 heterocycles. The van der Waals surface area contributed by atoms with Gasteiger partial charge in [0.2, 0.25) is 5.88 Å². The lowest BCUT2D eigenvalue weighted by atomic mass is 10.1. The second kappa shape index (κ2) is 9.69. The molecule has 1 saturated carbocycles. The minimum Gasteiger partial charge on any atom is -0.481 e. The molecule has 6 nitrogen and oxygen atoms in total. The highest BCUT2D eigenvalue weighted by atomic mass is 19.3. The zero-order chi connectivity index (χ0) is 20.9. The zero-order valence-electron chi connectivity index (χ0n) is 17.0. The number of unbranched alkanes of at least 4 members (excludes halogenated alkanes) is 2. The molecule has 3 rings (SSSR count). The minimum atomic E-state index is -2.66. The molecule has 1 aromatic rings. The van der Waals surface area contributed by atoms with Crippen LogP contribution in [-0.2, 0) is 11.3 Å². The van der Waals surface area contributed by atoms with E-state index in [9.17, 15) is 13.6 Å². The molecule has 29 heavy (non-hydrogen) atoms. The largest absolute Gasteiger partial charge is 0.481 e. The number of carboxylic acids is 1. The zero-order valence-corrected chi connectivity index (χ0v) is 17.0. The summed E-state index contributed by atoms with van der Waals surface area (Å²) >= 11 is 0. The lowest BCUT2D eigenvalue weighted by Gasteiger charge is -2.40. The molecule has 8 heteroatoms. The van der Waals surface area contributed by atoms with Gasteiger partial charge in [0.05, 0.1) is 31.8 Å². The van der Waals surface area contributed by atoms with Gasteiger partial charge in [0.25, 0.3) is 5.92 Å². The first kappa shape index (κ1) is 21.7. The van der Waals surface area contributed by atoms with Gasteiger partial charge in [-0.25, -0.2) is 13.8 Å². The third kappa shape index (κ3) is 6.80. The summed E-state index contributed by atoms with van der Waals surface area (Å²) in [5, 5.41) is 12.4. The molecule has 162 valence electrons. The standard InChI is InChI=1S/C21H31F2N3O3/c1-2-3-4-5-16(10-19(27)28)24-11-17-8-9-18(26-13-21(22,23)14-26)20(25-17)29-12-15-6-7-15/h8-9,15-16,24H,2-7,10-14H2,1H3,(H,27,28). The van der Waals surface area contributed by atoms with Crippen LogP contribution in [0.1, 0.15) is 57.6 Å². The maximum atomic E-state index is 13.3. The van der Waals surface area contributed by atoms with Crippen molar-refractivity contribution in [2.24, 2.45) is 5.92 Å². The molecule has 1 aliphatic carbocycles. The smallest absolute Gasteiger partial charge is 0.304 e. The molecule has 0 radical (unpaired) electrons. The van der Waals surface area contributed by atoms with Crippen molar-refractivity contribution in [3.8, 4) is 5.88 Å². The van der Waals surface area contributed by atoms with E-state index < -0.39 is 11.9 Å². The van der Waals surface area contributed by atoms with Gasteiger partial charge in [-0.1, -0.05) is 26.2 Å². The summed E-state index contributed by atoms with van der Waals surface area (Å²) in [6.07, 6.45) is 6.26. The Hall–Kier alpha value is -1.96. The van der Waals surface area contributed by atoms with E-state index in [-0.39, 0.29) is 25.6 Å². The van der Waals surface area contributed by atoms with Crippen LogP contribution >= 0.6 is 0 Å². The summed E-state index contributed by atoms with van der Waals surface area (Å²) in [6.45, 7) is 2.46. The van der Waals surface area contributed by atoms with Crippen molar-refractivity contribution in [1.82, 2.24) is 10.3 Å². The lowest BCUT2D eigenvalue weighted by molar-refractivity contribution is -0.137. The number of anilines is 1. The normalized spacial score (nSPS) is 18.9. The van der Waals surface area contributed by atoms with Gasteiger partial charge in [0, 0.05) is 12.6 Å². The van der Waals surface area contributed by atoms with E-state index in [2.05, 4.69) is 17.2 Å². The van der Waals surface area contributed by atoms with Crippen LogP contribution in [-0.4, -0.2) is 47.7 Å². The molecule has 1 atom stereocenters. The molecule has 0 spiro atoms. The molecule has 0 aromatic carbocycles. The van der Waals surface area contributed by atoms with Crippen LogP contribution in [0.3, 0.4) is 0 Å².